The third-order valence-electron chi connectivity index (χ3n) is 4.18. The molecule has 1 amide bonds. The molecule has 1 N–H and O–H groups in total. The first-order valence-corrected chi connectivity index (χ1v) is 8.84. The molecule has 0 aliphatic heterocycles. The van der Waals surface area contributed by atoms with E-state index < -0.39 is 17.8 Å². The molecule has 150 valence electrons. The highest BCUT2D eigenvalue weighted by molar-refractivity contribution is 5.77. The van der Waals surface area contributed by atoms with Gasteiger partial charge >= 0.3 is 6.18 Å². The van der Waals surface area contributed by atoms with Crippen molar-refractivity contribution in [2.45, 2.75) is 31.4 Å². The molecule has 0 radical (unpaired) electrons. The second kappa shape index (κ2) is 8.45. The van der Waals surface area contributed by atoms with Crippen molar-refractivity contribution < 1.29 is 27.4 Å². The maximum atomic E-state index is 13.0. The van der Waals surface area contributed by atoms with E-state index in [-0.39, 0.29) is 31.3 Å². The summed E-state index contributed by atoms with van der Waals surface area (Å²) in [5.41, 5.74) is -0.520. The molecular formula is C19H20F3N3O3. The summed E-state index contributed by atoms with van der Waals surface area (Å²) in [6.45, 7) is -0.128. The van der Waals surface area contributed by atoms with Gasteiger partial charge in [-0.15, -0.1) is 0 Å². The van der Waals surface area contributed by atoms with Crippen LogP contribution >= 0.6 is 0 Å². The number of nitrogens with one attached hydrogen (secondary N) is 1. The van der Waals surface area contributed by atoms with Crippen LogP contribution in [0.15, 0.2) is 30.3 Å². The minimum absolute atomic E-state index is 0.0719. The molecule has 1 heterocycles. The average molecular weight is 395 g/mol. The van der Waals surface area contributed by atoms with Gasteiger partial charge in [-0.3, -0.25) is 4.79 Å². The molecule has 1 saturated carbocycles. The largest absolute Gasteiger partial charge is 0.493 e. The Balaban J connectivity index is 1.53. The maximum absolute atomic E-state index is 13.0. The van der Waals surface area contributed by atoms with Crippen molar-refractivity contribution >= 4 is 5.91 Å². The minimum Gasteiger partial charge on any atom is -0.493 e. The summed E-state index contributed by atoms with van der Waals surface area (Å²) < 4.78 is 49.6. The molecule has 1 aliphatic rings. The lowest BCUT2D eigenvalue weighted by molar-refractivity contribution is -0.141. The first-order chi connectivity index (χ1) is 13.4. The number of methoxy groups -OCH3 is 1. The van der Waals surface area contributed by atoms with E-state index in [1.165, 1.54) is 7.11 Å². The lowest BCUT2D eigenvalue weighted by Crippen LogP contribution is -2.31. The highest BCUT2D eigenvalue weighted by atomic mass is 19.4. The molecule has 0 saturated heterocycles. The van der Waals surface area contributed by atoms with E-state index in [4.69, 9.17) is 9.47 Å². The normalized spacial score (nSPS) is 13.9. The molecule has 9 heteroatoms. The first-order valence-electron chi connectivity index (χ1n) is 8.84. The van der Waals surface area contributed by atoms with Gasteiger partial charge in [-0.05, 0) is 31.0 Å². The number of carbonyl (C=O) groups is 1. The summed E-state index contributed by atoms with van der Waals surface area (Å²) in [6, 6.07) is 7.91. The smallest absolute Gasteiger partial charge is 0.433 e. The van der Waals surface area contributed by atoms with Gasteiger partial charge < -0.3 is 14.8 Å². The third kappa shape index (κ3) is 5.34. The number of ether oxygens (including phenoxy) is 2. The molecule has 1 aromatic heterocycles. The molecule has 0 unspecified atom stereocenters. The molecule has 2 aromatic rings. The second-order valence-electron chi connectivity index (χ2n) is 6.41. The van der Waals surface area contributed by atoms with Crippen molar-refractivity contribution in [3.8, 4) is 11.5 Å². The zero-order valence-corrected chi connectivity index (χ0v) is 15.3. The van der Waals surface area contributed by atoms with Crippen LogP contribution in [0.1, 0.15) is 36.0 Å². The molecule has 0 atom stereocenters. The van der Waals surface area contributed by atoms with Crippen LogP contribution in [0.25, 0.3) is 0 Å². The topological polar surface area (TPSA) is 73.3 Å². The standard InChI is InChI=1S/C19H20F3N3O3/c1-27-14-4-2-3-5-15(14)28-11-18(26)23-9-8-17-24-13(12-6-7-12)10-16(25-17)19(20,21)22/h2-5,10,12H,6-9,11H2,1H3,(H,23,26). The van der Waals surface area contributed by atoms with Gasteiger partial charge in [0, 0.05) is 24.6 Å². The van der Waals surface area contributed by atoms with Crippen molar-refractivity contribution in [3.63, 3.8) is 0 Å². The van der Waals surface area contributed by atoms with Crippen LogP contribution in [-0.2, 0) is 17.4 Å². The number of nitrogens with zero attached hydrogens (tertiary/aromatic N) is 2. The zero-order valence-electron chi connectivity index (χ0n) is 15.3. The Labute approximate surface area is 160 Å². The van der Waals surface area contributed by atoms with Crippen LogP contribution in [-0.4, -0.2) is 36.1 Å². The number of hydrogen-bond donors (Lipinski definition) is 1. The Morgan fingerprint density at radius 1 is 1.21 bits per heavy atom. The van der Waals surface area contributed by atoms with Crippen LogP contribution in [0.2, 0.25) is 0 Å². The Kier molecular flexibility index (Phi) is 6.01. The number of halogens is 3. The van der Waals surface area contributed by atoms with Crippen molar-refractivity contribution in [1.29, 1.82) is 0 Å². The van der Waals surface area contributed by atoms with Gasteiger partial charge in [-0.25, -0.2) is 9.97 Å². The fraction of sp³-hybridized carbons (Fsp3) is 0.421. The summed E-state index contributed by atoms with van der Waals surface area (Å²) in [5, 5.41) is 2.60. The second-order valence-corrected chi connectivity index (χ2v) is 6.41. The Bertz CT molecular complexity index is 839. The maximum Gasteiger partial charge on any atom is 0.433 e. The van der Waals surface area contributed by atoms with Gasteiger partial charge in [0.05, 0.1) is 7.11 Å². The van der Waals surface area contributed by atoms with E-state index in [2.05, 4.69) is 15.3 Å². The number of para-hydroxylation sites is 2. The van der Waals surface area contributed by atoms with Crippen LogP contribution < -0.4 is 14.8 Å². The molecular weight excluding hydrogens is 375 g/mol. The Morgan fingerprint density at radius 3 is 2.57 bits per heavy atom. The summed E-state index contributed by atoms with van der Waals surface area (Å²) in [7, 11) is 1.49. The quantitative estimate of drug-likeness (QED) is 0.744. The molecule has 0 bridgehead atoms. The van der Waals surface area contributed by atoms with E-state index in [1.807, 2.05) is 0 Å². The molecule has 3 rings (SSSR count). The number of rotatable bonds is 8. The average Bonchev–Trinajstić information content (AvgIpc) is 3.51. The van der Waals surface area contributed by atoms with Crippen molar-refractivity contribution in [1.82, 2.24) is 15.3 Å². The van der Waals surface area contributed by atoms with E-state index in [0.717, 1.165) is 18.9 Å². The SMILES string of the molecule is COc1ccccc1OCC(=O)NCCc1nc(C2CC2)cc(C(F)(F)F)n1. The van der Waals surface area contributed by atoms with Crippen LogP contribution in [0.5, 0.6) is 11.5 Å². The number of hydrogen-bond acceptors (Lipinski definition) is 5. The lowest BCUT2D eigenvalue weighted by Gasteiger charge is -2.11. The Hall–Kier alpha value is -2.84. The number of benzene rings is 1. The predicted molar refractivity (Wildman–Crippen MR) is 94.2 cm³/mol. The number of amides is 1. The fourth-order valence-electron chi connectivity index (χ4n) is 2.61. The summed E-state index contributed by atoms with van der Waals surface area (Å²) in [6.07, 6.45) is -2.74. The monoisotopic (exact) mass is 395 g/mol. The molecule has 1 aliphatic carbocycles. The number of aromatic nitrogens is 2. The summed E-state index contributed by atoms with van der Waals surface area (Å²) in [5.74, 6) is 0.672. The van der Waals surface area contributed by atoms with E-state index in [9.17, 15) is 18.0 Å². The highest BCUT2D eigenvalue weighted by Crippen LogP contribution is 2.40. The van der Waals surface area contributed by atoms with Crippen molar-refractivity contribution in [3.05, 3.63) is 47.5 Å². The molecule has 6 nitrogen and oxygen atoms in total. The van der Waals surface area contributed by atoms with E-state index in [1.54, 1.807) is 24.3 Å². The highest BCUT2D eigenvalue weighted by Gasteiger charge is 2.35. The van der Waals surface area contributed by atoms with Gasteiger partial charge in [0.15, 0.2) is 18.1 Å². The predicted octanol–water partition coefficient (Wildman–Crippen LogP) is 3.12. The molecule has 1 aromatic carbocycles. The molecule has 0 spiro atoms. The molecule has 28 heavy (non-hydrogen) atoms. The molecule has 1 fully saturated rings. The van der Waals surface area contributed by atoms with E-state index in [0.29, 0.717) is 17.2 Å². The van der Waals surface area contributed by atoms with Gasteiger partial charge in [0.25, 0.3) is 5.91 Å². The van der Waals surface area contributed by atoms with Gasteiger partial charge in [-0.1, -0.05) is 12.1 Å². The summed E-state index contributed by atoms with van der Waals surface area (Å²) >= 11 is 0. The van der Waals surface area contributed by atoms with Gasteiger partial charge in [0.1, 0.15) is 11.5 Å². The Morgan fingerprint density at radius 2 is 1.93 bits per heavy atom. The number of carbonyl (C=O) groups excluding carboxylic acids is 1. The minimum atomic E-state index is -4.52. The van der Waals surface area contributed by atoms with Crippen LogP contribution in [0.3, 0.4) is 0 Å². The summed E-state index contributed by atoms with van der Waals surface area (Å²) in [4.78, 5) is 19.7. The van der Waals surface area contributed by atoms with Crippen LogP contribution in [0, 0.1) is 0 Å². The fourth-order valence-corrected chi connectivity index (χ4v) is 2.61. The van der Waals surface area contributed by atoms with E-state index >= 15 is 0 Å². The van der Waals surface area contributed by atoms with Gasteiger partial charge in [-0.2, -0.15) is 13.2 Å². The van der Waals surface area contributed by atoms with Gasteiger partial charge in [0.2, 0.25) is 0 Å². The number of alkyl halides is 3. The first kappa shape index (κ1) is 19.9. The third-order valence-corrected chi connectivity index (χ3v) is 4.18. The van der Waals surface area contributed by atoms with Crippen molar-refractivity contribution in [2.75, 3.05) is 20.3 Å². The lowest BCUT2D eigenvalue weighted by atomic mass is 10.2. The van der Waals surface area contributed by atoms with Crippen LogP contribution in [0.4, 0.5) is 13.2 Å². The zero-order chi connectivity index (χ0) is 20.1. The van der Waals surface area contributed by atoms with Crippen molar-refractivity contribution in [2.24, 2.45) is 0 Å².